The number of nitrogens with zero attached hydrogens (tertiary/aromatic N) is 1. The van der Waals surface area contributed by atoms with Gasteiger partial charge in [0.2, 0.25) is 0 Å². The predicted octanol–water partition coefficient (Wildman–Crippen LogP) is 2.20. The molecule has 3 heteroatoms. The number of hydrogen-bond donors (Lipinski definition) is 1. The first-order valence-corrected chi connectivity index (χ1v) is 5.07. The standard InChI is InChI=1S/C11H18N2O/c1-10(2)9(11(10,3)4)13-6-8-5-12-7-14-8/h5,7,9,13H,6H2,1-4H3. The lowest BCUT2D eigenvalue weighted by Crippen LogP contribution is -2.21. The van der Waals surface area contributed by atoms with Crippen LogP contribution in [0.1, 0.15) is 33.5 Å². The van der Waals surface area contributed by atoms with Crippen molar-refractivity contribution in [2.75, 3.05) is 0 Å². The van der Waals surface area contributed by atoms with Gasteiger partial charge in [-0.15, -0.1) is 0 Å². The van der Waals surface area contributed by atoms with Gasteiger partial charge in [-0.3, -0.25) is 0 Å². The molecule has 1 heterocycles. The van der Waals surface area contributed by atoms with Crippen LogP contribution in [0, 0.1) is 10.8 Å². The molecule has 1 aromatic heterocycles. The molecule has 0 aliphatic heterocycles. The molecule has 14 heavy (non-hydrogen) atoms. The summed E-state index contributed by atoms with van der Waals surface area (Å²) in [7, 11) is 0. The molecule has 1 aliphatic rings. The van der Waals surface area contributed by atoms with Crippen LogP contribution >= 0.6 is 0 Å². The van der Waals surface area contributed by atoms with Crippen LogP contribution in [0.4, 0.5) is 0 Å². The minimum absolute atomic E-state index is 0.382. The third-order valence-corrected chi connectivity index (χ3v) is 3.98. The fourth-order valence-electron chi connectivity index (χ4n) is 2.24. The maximum Gasteiger partial charge on any atom is 0.180 e. The molecule has 0 saturated heterocycles. The molecule has 1 fully saturated rings. The fraction of sp³-hybridized carbons (Fsp3) is 0.727. The van der Waals surface area contributed by atoms with Gasteiger partial charge in [-0.05, 0) is 10.8 Å². The second kappa shape index (κ2) is 2.83. The molecule has 1 N–H and O–H groups in total. The number of oxazole rings is 1. The first-order valence-electron chi connectivity index (χ1n) is 5.07. The summed E-state index contributed by atoms with van der Waals surface area (Å²) in [4.78, 5) is 3.89. The first kappa shape index (κ1) is 9.71. The highest BCUT2D eigenvalue weighted by molar-refractivity contribution is 5.18. The highest BCUT2D eigenvalue weighted by atomic mass is 16.3. The lowest BCUT2D eigenvalue weighted by molar-refractivity contribution is 0.457. The van der Waals surface area contributed by atoms with Crippen molar-refractivity contribution >= 4 is 0 Å². The Hall–Kier alpha value is -0.830. The van der Waals surface area contributed by atoms with E-state index in [1.807, 2.05) is 0 Å². The smallest absolute Gasteiger partial charge is 0.180 e. The van der Waals surface area contributed by atoms with Gasteiger partial charge in [0, 0.05) is 6.04 Å². The number of aromatic nitrogens is 1. The van der Waals surface area contributed by atoms with Crippen LogP contribution in [0.5, 0.6) is 0 Å². The lowest BCUT2D eigenvalue weighted by atomic mass is 10.0. The van der Waals surface area contributed by atoms with Crippen LogP contribution < -0.4 is 5.32 Å². The van der Waals surface area contributed by atoms with Crippen LogP contribution in [0.3, 0.4) is 0 Å². The van der Waals surface area contributed by atoms with Gasteiger partial charge in [0.05, 0.1) is 12.7 Å². The van der Waals surface area contributed by atoms with Crippen LogP contribution in [0.2, 0.25) is 0 Å². The monoisotopic (exact) mass is 194 g/mol. The minimum Gasteiger partial charge on any atom is -0.447 e. The normalized spacial score (nSPS) is 23.7. The molecule has 3 nitrogen and oxygen atoms in total. The van der Waals surface area contributed by atoms with Crippen molar-refractivity contribution in [2.45, 2.75) is 40.3 Å². The maximum absolute atomic E-state index is 5.17. The molecule has 0 atom stereocenters. The van der Waals surface area contributed by atoms with E-state index >= 15 is 0 Å². The lowest BCUT2D eigenvalue weighted by Gasteiger charge is -2.03. The summed E-state index contributed by atoms with van der Waals surface area (Å²) in [6, 6.07) is 0.570. The molecule has 0 bridgehead atoms. The third kappa shape index (κ3) is 1.27. The predicted molar refractivity (Wildman–Crippen MR) is 54.7 cm³/mol. The summed E-state index contributed by atoms with van der Waals surface area (Å²) in [6.07, 6.45) is 3.23. The molecule has 0 radical (unpaired) electrons. The van der Waals surface area contributed by atoms with E-state index in [1.54, 1.807) is 6.20 Å². The van der Waals surface area contributed by atoms with Crippen molar-refractivity contribution in [3.8, 4) is 0 Å². The molecule has 0 aromatic carbocycles. The van der Waals surface area contributed by atoms with Crippen molar-refractivity contribution < 1.29 is 4.42 Å². The van der Waals surface area contributed by atoms with Crippen molar-refractivity contribution in [1.29, 1.82) is 0 Å². The van der Waals surface area contributed by atoms with E-state index in [-0.39, 0.29) is 0 Å². The summed E-state index contributed by atoms with van der Waals surface area (Å²) >= 11 is 0. The van der Waals surface area contributed by atoms with Crippen molar-refractivity contribution in [3.05, 3.63) is 18.4 Å². The Balaban J connectivity index is 1.90. The average molecular weight is 194 g/mol. The molecular weight excluding hydrogens is 176 g/mol. The second-order valence-corrected chi connectivity index (χ2v) is 5.23. The molecule has 78 valence electrons. The number of hydrogen-bond acceptors (Lipinski definition) is 3. The van der Waals surface area contributed by atoms with Gasteiger partial charge in [0.25, 0.3) is 0 Å². The van der Waals surface area contributed by atoms with Gasteiger partial charge < -0.3 is 9.73 Å². The van der Waals surface area contributed by atoms with Crippen LogP contribution in [0.15, 0.2) is 17.0 Å². The zero-order valence-electron chi connectivity index (χ0n) is 9.29. The summed E-state index contributed by atoms with van der Waals surface area (Å²) in [6.45, 7) is 9.96. The highest BCUT2D eigenvalue weighted by Gasteiger charge is 2.64. The minimum atomic E-state index is 0.382. The van der Waals surface area contributed by atoms with E-state index in [0.29, 0.717) is 16.9 Å². The van der Waals surface area contributed by atoms with Crippen molar-refractivity contribution in [3.63, 3.8) is 0 Å². The number of nitrogens with one attached hydrogen (secondary N) is 1. The second-order valence-electron chi connectivity index (χ2n) is 5.23. The maximum atomic E-state index is 5.17. The molecule has 1 saturated carbocycles. The number of rotatable bonds is 3. The Kier molecular flexibility index (Phi) is 1.96. The van der Waals surface area contributed by atoms with Gasteiger partial charge in [-0.25, -0.2) is 4.98 Å². The molecular formula is C11H18N2O. The highest BCUT2D eigenvalue weighted by Crippen LogP contribution is 2.62. The van der Waals surface area contributed by atoms with E-state index in [2.05, 4.69) is 38.0 Å². The zero-order chi connectivity index (χ0) is 10.4. The molecule has 0 spiro atoms. The summed E-state index contributed by atoms with van der Waals surface area (Å²) in [5.41, 5.74) is 0.764. The van der Waals surface area contributed by atoms with E-state index in [4.69, 9.17) is 4.42 Å². The molecule has 1 aromatic rings. The first-order chi connectivity index (χ1) is 6.46. The van der Waals surface area contributed by atoms with Gasteiger partial charge in [0.15, 0.2) is 6.39 Å². The molecule has 2 rings (SSSR count). The Labute approximate surface area is 84.9 Å². The van der Waals surface area contributed by atoms with Crippen LogP contribution in [-0.2, 0) is 6.54 Å². The van der Waals surface area contributed by atoms with Gasteiger partial charge in [0.1, 0.15) is 5.76 Å². The largest absolute Gasteiger partial charge is 0.447 e. The van der Waals surface area contributed by atoms with E-state index < -0.39 is 0 Å². The summed E-state index contributed by atoms with van der Waals surface area (Å²) < 4.78 is 5.17. The van der Waals surface area contributed by atoms with E-state index in [9.17, 15) is 0 Å². The molecule has 0 amide bonds. The zero-order valence-corrected chi connectivity index (χ0v) is 9.29. The fourth-order valence-corrected chi connectivity index (χ4v) is 2.24. The summed E-state index contributed by atoms with van der Waals surface area (Å²) in [5.74, 6) is 0.906. The van der Waals surface area contributed by atoms with E-state index in [0.717, 1.165) is 12.3 Å². The topological polar surface area (TPSA) is 38.1 Å². The Morgan fingerprint density at radius 2 is 2.00 bits per heavy atom. The van der Waals surface area contributed by atoms with Gasteiger partial charge >= 0.3 is 0 Å². The van der Waals surface area contributed by atoms with Gasteiger partial charge in [-0.2, -0.15) is 0 Å². The molecule has 1 aliphatic carbocycles. The Morgan fingerprint density at radius 3 is 2.43 bits per heavy atom. The summed E-state index contributed by atoms with van der Waals surface area (Å²) in [5, 5.41) is 3.51. The van der Waals surface area contributed by atoms with Crippen LogP contribution in [-0.4, -0.2) is 11.0 Å². The Bertz CT molecular complexity index is 300. The SMILES string of the molecule is CC1(C)C(NCc2cnco2)C1(C)C. The van der Waals surface area contributed by atoms with E-state index in [1.165, 1.54) is 6.39 Å². The van der Waals surface area contributed by atoms with Gasteiger partial charge in [-0.1, -0.05) is 27.7 Å². The Morgan fingerprint density at radius 1 is 1.36 bits per heavy atom. The van der Waals surface area contributed by atoms with Crippen molar-refractivity contribution in [2.24, 2.45) is 10.8 Å². The molecule has 0 unspecified atom stereocenters. The third-order valence-electron chi connectivity index (χ3n) is 3.98. The van der Waals surface area contributed by atoms with Crippen molar-refractivity contribution in [1.82, 2.24) is 10.3 Å². The average Bonchev–Trinajstić information content (AvgIpc) is 2.54. The van der Waals surface area contributed by atoms with Crippen LogP contribution in [0.25, 0.3) is 0 Å². The quantitative estimate of drug-likeness (QED) is 0.801.